The van der Waals surface area contributed by atoms with E-state index < -0.39 is 0 Å². The molecule has 2 aromatic carbocycles. The lowest BCUT2D eigenvalue weighted by molar-refractivity contribution is 0.395. The zero-order valence-corrected chi connectivity index (χ0v) is 19.7. The summed E-state index contributed by atoms with van der Waals surface area (Å²) in [6.07, 6.45) is 2.12. The number of hydrogen-bond donors (Lipinski definition) is 1. The van der Waals surface area contributed by atoms with Crippen LogP contribution in [0.2, 0.25) is 0 Å². The number of aromatic nitrogens is 2. The third-order valence-corrected chi connectivity index (χ3v) is 6.03. The Labute approximate surface area is 194 Å². The van der Waals surface area contributed by atoms with E-state index in [1.807, 2.05) is 43.3 Å². The van der Waals surface area contributed by atoms with Crippen molar-refractivity contribution in [3.05, 3.63) is 71.2 Å². The van der Waals surface area contributed by atoms with Gasteiger partial charge in [0.2, 0.25) is 5.82 Å². The van der Waals surface area contributed by atoms with Gasteiger partial charge in [-0.1, -0.05) is 54.4 Å². The summed E-state index contributed by atoms with van der Waals surface area (Å²) in [6.45, 7) is 7.13. The number of hydrogen-bond acceptors (Lipinski definition) is 5. The van der Waals surface area contributed by atoms with Crippen molar-refractivity contribution in [2.24, 2.45) is 0 Å². The SMILES string of the molecule is CCCCN1C(=S)NC(c2cccc(OC)c2)C(c2nc(-c3cccc(C)c3)no2)=C1C. The van der Waals surface area contributed by atoms with Crippen LogP contribution in [0, 0.1) is 6.92 Å². The van der Waals surface area contributed by atoms with Crippen LogP contribution >= 0.6 is 12.2 Å². The molecule has 0 fully saturated rings. The Bertz CT molecular complexity index is 1150. The first-order valence-corrected chi connectivity index (χ1v) is 11.3. The van der Waals surface area contributed by atoms with Crippen LogP contribution in [0.4, 0.5) is 0 Å². The van der Waals surface area contributed by atoms with Crippen LogP contribution < -0.4 is 10.1 Å². The van der Waals surface area contributed by atoms with Gasteiger partial charge in [-0.05, 0) is 56.2 Å². The minimum Gasteiger partial charge on any atom is -0.497 e. The minimum atomic E-state index is -0.221. The fraction of sp³-hybridized carbons (Fsp3) is 0.320. The summed E-state index contributed by atoms with van der Waals surface area (Å²) in [4.78, 5) is 6.90. The van der Waals surface area contributed by atoms with E-state index in [4.69, 9.17) is 26.5 Å². The smallest absolute Gasteiger partial charge is 0.258 e. The molecular formula is C25H28N4O2S. The summed E-state index contributed by atoms with van der Waals surface area (Å²) < 4.78 is 11.3. The van der Waals surface area contributed by atoms with Crippen molar-refractivity contribution in [1.82, 2.24) is 20.4 Å². The lowest BCUT2D eigenvalue weighted by Gasteiger charge is -2.37. The zero-order valence-electron chi connectivity index (χ0n) is 18.9. The highest BCUT2D eigenvalue weighted by Crippen LogP contribution is 2.38. The Morgan fingerprint density at radius 1 is 1.16 bits per heavy atom. The molecule has 0 saturated carbocycles. The molecule has 1 aliphatic heterocycles. The molecule has 2 heterocycles. The summed E-state index contributed by atoms with van der Waals surface area (Å²) in [5, 5.41) is 8.48. The molecule has 0 aliphatic carbocycles. The van der Waals surface area contributed by atoms with Crippen molar-refractivity contribution in [2.45, 2.75) is 39.7 Å². The quantitative estimate of drug-likeness (QED) is 0.478. The maximum Gasteiger partial charge on any atom is 0.258 e. The number of aryl methyl sites for hydroxylation is 1. The summed E-state index contributed by atoms with van der Waals surface area (Å²) >= 11 is 5.74. The molecule has 6 nitrogen and oxygen atoms in total. The first kappa shape index (κ1) is 22.0. The zero-order chi connectivity index (χ0) is 22.7. The van der Waals surface area contributed by atoms with Crippen LogP contribution in [0.1, 0.15) is 49.7 Å². The number of methoxy groups -OCH3 is 1. The molecule has 0 amide bonds. The number of nitrogens with zero attached hydrogens (tertiary/aromatic N) is 3. The van der Waals surface area contributed by atoms with Gasteiger partial charge in [-0.25, -0.2) is 0 Å². The normalized spacial score (nSPS) is 16.3. The molecule has 1 atom stereocenters. The van der Waals surface area contributed by atoms with Crippen LogP contribution in [0.15, 0.2) is 58.8 Å². The molecule has 1 unspecified atom stereocenters. The average Bonchev–Trinajstić information content (AvgIpc) is 3.28. The van der Waals surface area contributed by atoms with E-state index in [9.17, 15) is 0 Å². The van der Waals surface area contributed by atoms with E-state index in [1.165, 1.54) is 0 Å². The first-order valence-electron chi connectivity index (χ1n) is 10.9. The van der Waals surface area contributed by atoms with Crippen LogP contribution in [0.5, 0.6) is 5.75 Å². The van der Waals surface area contributed by atoms with Gasteiger partial charge in [0.15, 0.2) is 5.11 Å². The number of nitrogens with one attached hydrogen (secondary N) is 1. The second-order valence-electron chi connectivity index (χ2n) is 7.96. The van der Waals surface area contributed by atoms with Gasteiger partial charge >= 0.3 is 0 Å². The number of allylic oxidation sites excluding steroid dienone is 1. The van der Waals surface area contributed by atoms with Gasteiger partial charge in [0.25, 0.3) is 5.89 Å². The lowest BCUT2D eigenvalue weighted by Crippen LogP contribution is -2.46. The monoisotopic (exact) mass is 448 g/mol. The van der Waals surface area contributed by atoms with Crippen LogP contribution in [-0.2, 0) is 0 Å². The number of unbranched alkanes of at least 4 members (excludes halogenated alkanes) is 1. The molecule has 1 aromatic heterocycles. The predicted octanol–water partition coefficient (Wildman–Crippen LogP) is 5.52. The second kappa shape index (κ2) is 9.53. The molecule has 4 rings (SSSR count). The fourth-order valence-corrected chi connectivity index (χ4v) is 4.30. The Kier molecular flexibility index (Phi) is 6.55. The summed E-state index contributed by atoms with van der Waals surface area (Å²) in [5.74, 6) is 1.84. The van der Waals surface area contributed by atoms with E-state index >= 15 is 0 Å². The maximum atomic E-state index is 5.81. The number of ether oxygens (including phenoxy) is 1. The number of benzene rings is 2. The molecule has 0 saturated heterocycles. The van der Waals surface area contributed by atoms with Gasteiger partial charge in [-0.15, -0.1) is 0 Å². The minimum absolute atomic E-state index is 0.221. The van der Waals surface area contributed by atoms with Gasteiger partial charge in [0.05, 0.1) is 18.7 Å². The summed E-state index contributed by atoms with van der Waals surface area (Å²) in [5.41, 5.74) is 5.04. The van der Waals surface area contributed by atoms with E-state index in [0.29, 0.717) is 16.8 Å². The summed E-state index contributed by atoms with van der Waals surface area (Å²) in [7, 11) is 1.67. The third-order valence-electron chi connectivity index (χ3n) is 5.69. The molecular weight excluding hydrogens is 420 g/mol. The Morgan fingerprint density at radius 3 is 2.72 bits per heavy atom. The van der Waals surface area contributed by atoms with Gasteiger partial charge < -0.3 is 19.5 Å². The third kappa shape index (κ3) is 4.39. The van der Waals surface area contributed by atoms with Crippen molar-refractivity contribution < 1.29 is 9.26 Å². The average molecular weight is 449 g/mol. The van der Waals surface area contributed by atoms with Gasteiger partial charge in [-0.3, -0.25) is 0 Å². The Balaban J connectivity index is 1.81. The molecule has 3 aromatic rings. The highest BCUT2D eigenvalue weighted by Gasteiger charge is 2.34. The lowest BCUT2D eigenvalue weighted by atomic mass is 9.94. The first-order chi connectivity index (χ1) is 15.5. The maximum absolute atomic E-state index is 5.81. The molecule has 166 valence electrons. The largest absolute Gasteiger partial charge is 0.497 e. The van der Waals surface area contributed by atoms with E-state index in [0.717, 1.165) is 53.1 Å². The predicted molar refractivity (Wildman–Crippen MR) is 130 cm³/mol. The van der Waals surface area contributed by atoms with Crippen molar-refractivity contribution in [1.29, 1.82) is 0 Å². The molecule has 0 spiro atoms. The highest BCUT2D eigenvalue weighted by molar-refractivity contribution is 7.80. The molecule has 0 radical (unpaired) electrons. The Morgan fingerprint density at radius 2 is 1.97 bits per heavy atom. The highest BCUT2D eigenvalue weighted by atomic mass is 32.1. The molecule has 0 bridgehead atoms. The van der Waals surface area contributed by atoms with Crippen LogP contribution in [0.3, 0.4) is 0 Å². The van der Waals surface area contributed by atoms with Gasteiger partial charge in [0.1, 0.15) is 5.75 Å². The summed E-state index contributed by atoms with van der Waals surface area (Å²) in [6, 6.07) is 15.8. The van der Waals surface area contributed by atoms with Crippen LogP contribution in [-0.4, -0.2) is 33.8 Å². The van der Waals surface area contributed by atoms with Crippen molar-refractivity contribution in [2.75, 3.05) is 13.7 Å². The van der Waals surface area contributed by atoms with E-state index in [1.54, 1.807) is 7.11 Å². The number of thiocarbonyl (C=S) groups is 1. The molecule has 7 heteroatoms. The second-order valence-corrected chi connectivity index (χ2v) is 8.34. The fourth-order valence-electron chi connectivity index (χ4n) is 3.95. The van der Waals surface area contributed by atoms with Gasteiger partial charge in [-0.2, -0.15) is 4.98 Å². The standard InChI is InChI=1S/C25H28N4O2S/c1-5-6-13-29-17(3)21(22(26-25(29)32)18-10-8-12-20(15-18)30-4)24-27-23(28-31-24)19-11-7-9-16(2)14-19/h7-12,14-15,22H,5-6,13H2,1-4H3,(H,26,32). The topological polar surface area (TPSA) is 63.4 Å². The van der Waals surface area contributed by atoms with E-state index in [-0.39, 0.29) is 6.04 Å². The van der Waals surface area contributed by atoms with Crippen molar-refractivity contribution in [3.63, 3.8) is 0 Å². The molecule has 32 heavy (non-hydrogen) atoms. The molecule has 1 N–H and O–H groups in total. The van der Waals surface area contributed by atoms with Crippen molar-refractivity contribution in [3.8, 4) is 17.1 Å². The molecule has 1 aliphatic rings. The van der Waals surface area contributed by atoms with Gasteiger partial charge in [0, 0.05) is 17.8 Å². The number of rotatable bonds is 7. The van der Waals surface area contributed by atoms with Crippen LogP contribution in [0.25, 0.3) is 17.0 Å². The van der Waals surface area contributed by atoms with E-state index in [2.05, 4.69) is 41.4 Å². The Hall–Kier alpha value is -3.19. The van der Waals surface area contributed by atoms with Crippen molar-refractivity contribution >= 4 is 22.9 Å².